The van der Waals surface area contributed by atoms with Crippen LogP contribution in [0.1, 0.15) is 40.0 Å². The molecule has 0 atom stereocenters. The van der Waals surface area contributed by atoms with Crippen LogP contribution in [-0.2, 0) is 9.59 Å². The number of imide groups is 1. The molecule has 0 unspecified atom stereocenters. The average molecular weight is 296 g/mol. The molecule has 2 saturated heterocycles. The quantitative estimate of drug-likeness (QED) is 0.635. The van der Waals surface area contributed by atoms with Crippen LogP contribution in [0.4, 0.5) is 4.79 Å². The van der Waals surface area contributed by atoms with Crippen LogP contribution in [0.3, 0.4) is 0 Å². The summed E-state index contributed by atoms with van der Waals surface area (Å²) in [7, 11) is 0. The lowest BCUT2D eigenvalue weighted by atomic mass is 9.88. The zero-order chi connectivity index (χ0) is 15.7. The second-order valence-corrected chi connectivity index (χ2v) is 6.44. The standard InChI is InChI=1S/C14H24N4O3/c1-4-13(2,3)16-10(19)9-18-11(20)14(17-12(18)21)5-7-15-8-6-14/h15H,4-9H2,1-3H3,(H,16,19)(H,17,21). The third-order valence-corrected chi connectivity index (χ3v) is 4.37. The Morgan fingerprint density at radius 2 is 1.95 bits per heavy atom. The van der Waals surface area contributed by atoms with E-state index in [1.807, 2.05) is 20.8 Å². The summed E-state index contributed by atoms with van der Waals surface area (Å²) in [5.74, 6) is -0.588. The molecule has 0 aromatic heterocycles. The van der Waals surface area contributed by atoms with E-state index >= 15 is 0 Å². The van der Waals surface area contributed by atoms with Gasteiger partial charge in [0, 0.05) is 5.54 Å². The van der Waals surface area contributed by atoms with Crippen LogP contribution in [-0.4, -0.2) is 53.5 Å². The van der Waals surface area contributed by atoms with Crippen molar-refractivity contribution in [3.63, 3.8) is 0 Å². The van der Waals surface area contributed by atoms with Crippen molar-refractivity contribution in [3.05, 3.63) is 0 Å². The minimum atomic E-state index is -0.817. The van der Waals surface area contributed by atoms with Crippen LogP contribution >= 0.6 is 0 Å². The van der Waals surface area contributed by atoms with Crippen LogP contribution in [0, 0.1) is 0 Å². The maximum atomic E-state index is 12.5. The molecule has 0 saturated carbocycles. The number of piperidine rings is 1. The van der Waals surface area contributed by atoms with Gasteiger partial charge in [0.25, 0.3) is 5.91 Å². The third kappa shape index (κ3) is 3.18. The van der Waals surface area contributed by atoms with Crippen molar-refractivity contribution in [2.75, 3.05) is 19.6 Å². The van der Waals surface area contributed by atoms with Gasteiger partial charge in [-0.1, -0.05) is 6.92 Å². The predicted molar refractivity (Wildman–Crippen MR) is 77.6 cm³/mol. The van der Waals surface area contributed by atoms with Gasteiger partial charge in [-0.2, -0.15) is 0 Å². The molecule has 1 spiro atoms. The molecule has 0 aliphatic carbocycles. The molecule has 2 heterocycles. The second kappa shape index (κ2) is 5.63. The second-order valence-electron chi connectivity index (χ2n) is 6.44. The minimum absolute atomic E-state index is 0.219. The van der Waals surface area contributed by atoms with Crippen LogP contribution in [0.5, 0.6) is 0 Å². The lowest BCUT2D eigenvalue weighted by molar-refractivity contribution is -0.136. The first kappa shape index (κ1) is 15.8. The van der Waals surface area contributed by atoms with Crippen molar-refractivity contribution in [2.45, 2.75) is 51.1 Å². The van der Waals surface area contributed by atoms with E-state index in [2.05, 4.69) is 16.0 Å². The van der Waals surface area contributed by atoms with Crippen molar-refractivity contribution in [1.82, 2.24) is 20.9 Å². The van der Waals surface area contributed by atoms with Gasteiger partial charge in [-0.3, -0.25) is 14.5 Å². The monoisotopic (exact) mass is 296 g/mol. The Bertz CT molecular complexity index is 455. The number of hydrogen-bond donors (Lipinski definition) is 3. The predicted octanol–water partition coefficient (Wildman–Crippen LogP) is -0.0348. The van der Waals surface area contributed by atoms with E-state index in [-0.39, 0.29) is 23.9 Å². The normalized spacial score (nSPS) is 21.6. The summed E-state index contributed by atoms with van der Waals surface area (Å²) in [5, 5.41) is 8.77. The fourth-order valence-electron chi connectivity index (χ4n) is 2.66. The fourth-order valence-corrected chi connectivity index (χ4v) is 2.66. The highest BCUT2D eigenvalue weighted by Crippen LogP contribution is 2.26. The Hall–Kier alpha value is -1.63. The first-order valence-electron chi connectivity index (χ1n) is 7.45. The molecule has 2 rings (SSSR count). The molecule has 2 fully saturated rings. The molecule has 0 radical (unpaired) electrons. The smallest absolute Gasteiger partial charge is 0.325 e. The summed E-state index contributed by atoms with van der Waals surface area (Å²) in [6, 6.07) is -0.466. The highest BCUT2D eigenvalue weighted by molar-refractivity contribution is 6.09. The molecule has 21 heavy (non-hydrogen) atoms. The van der Waals surface area contributed by atoms with Gasteiger partial charge in [-0.25, -0.2) is 4.79 Å². The summed E-state index contributed by atoms with van der Waals surface area (Å²) in [4.78, 5) is 37.6. The molecule has 4 amide bonds. The number of nitrogens with zero attached hydrogens (tertiary/aromatic N) is 1. The van der Waals surface area contributed by atoms with Crippen LogP contribution in [0.25, 0.3) is 0 Å². The van der Waals surface area contributed by atoms with Crippen LogP contribution in [0.2, 0.25) is 0 Å². The zero-order valence-corrected chi connectivity index (χ0v) is 12.9. The topological polar surface area (TPSA) is 90.5 Å². The van der Waals surface area contributed by atoms with Gasteiger partial charge < -0.3 is 16.0 Å². The molecule has 0 aromatic rings. The Kier molecular flexibility index (Phi) is 4.22. The number of amides is 4. The van der Waals surface area contributed by atoms with Gasteiger partial charge in [0.2, 0.25) is 5.91 Å². The molecule has 2 aliphatic heterocycles. The molecule has 0 bridgehead atoms. The minimum Gasteiger partial charge on any atom is -0.350 e. The first-order chi connectivity index (χ1) is 9.80. The Labute approximate surface area is 124 Å². The maximum absolute atomic E-state index is 12.5. The van der Waals surface area contributed by atoms with Gasteiger partial charge in [0.05, 0.1) is 0 Å². The molecule has 2 aliphatic rings. The van der Waals surface area contributed by atoms with E-state index in [0.29, 0.717) is 25.9 Å². The fraction of sp³-hybridized carbons (Fsp3) is 0.786. The third-order valence-electron chi connectivity index (χ3n) is 4.37. The van der Waals surface area contributed by atoms with Crippen LogP contribution < -0.4 is 16.0 Å². The first-order valence-corrected chi connectivity index (χ1v) is 7.45. The van der Waals surface area contributed by atoms with E-state index in [1.54, 1.807) is 0 Å². The van der Waals surface area contributed by atoms with Crippen molar-refractivity contribution in [1.29, 1.82) is 0 Å². The van der Waals surface area contributed by atoms with E-state index < -0.39 is 11.6 Å². The number of hydrogen-bond acceptors (Lipinski definition) is 4. The Morgan fingerprint density at radius 3 is 2.52 bits per heavy atom. The average Bonchev–Trinajstić information content (AvgIpc) is 2.64. The van der Waals surface area contributed by atoms with Gasteiger partial charge in [-0.15, -0.1) is 0 Å². The van der Waals surface area contributed by atoms with Crippen LogP contribution in [0.15, 0.2) is 0 Å². The molecule has 7 nitrogen and oxygen atoms in total. The van der Waals surface area contributed by atoms with Crippen molar-refractivity contribution < 1.29 is 14.4 Å². The zero-order valence-electron chi connectivity index (χ0n) is 12.9. The Balaban J connectivity index is 2.02. The van der Waals surface area contributed by atoms with E-state index in [0.717, 1.165) is 11.3 Å². The molecule has 0 aromatic carbocycles. The maximum Gasteiger partial charge on any atom is 0.325 e. The summed E-state index contributed by atoms with van der Waals surface area (Å²) >= 11 is 0. The van der Waals surface area contributed by atoms with E-state index in [1.165, 1.54) is 0 Å². The summed E-state index contributed by atoms with van der Waals surface area (Å²) in [6.07, 6.45) is 1.90. The highest BCUT2D eigenvalue weighted by atomic mass is 16.2. The summed E-state index contributed by atoms with van der Waals surface area (Å²) < 4.78 is 0. The molecular formula is C14H24N4O3. The lowest BCUT2D eigenvalue weighted by Crippen LogP contribution is -2.54. The van der Waals surface area contributed by atoms with Crippen molar-refractivity contribution in [3.8, 4) is 0 Å². The molecule has 3 N–H and O–H groups in total. The summed E-state index contributed by atoms with van der Waals surface area (Å²) in [5.41, 5.74) is -1.16. The number of carbonyl (C=O) groups excluding carboxylic acids is 3. The lowest BCUT2D eigenvalue weighted by Gasteiger charge is -2.31. The number of rotatable bonds is 4. The molecular weight excluding hydrogens is 272 g/mol. The van der Waals surface area contributed by atoms with E-state index in [9.17, 15) is 14.4 Å². The number of urea groups is 1. The van der Waals surface area contributed by atoms with E-state index in [4.69, 9.17) is 0 Å². The number of carbonyl (C=O) groups is 3. The molecule has 7 heteroatoms. The SMILES string of the molecule is CCC(C)(C)NC(=O)CN1C(=O)NC2(CCNCC2)C1=O. The number of nitrogens with one attached hydrogen (secondary N) is 3. The van der Waals surface area contributed by atoms with Gasteiger partial charge >= 0.3 is 6.03 Å². The largest absolute Gasteiger partial charge is 0.350 e. The van der Waals surface area contributed by atoms with Crippen molar-refractivity contribution >= 4 is 17.8 Å². The van der Waals surface area contributed by atoms with Crippen molar-refractivity contribution in [2.24, 2.45) is 0 Å². The summed E-state index contributed by atoms with van der Waals surface area (Å²) in [6.45, 7) is 6.95. The van der Waals surface area contributed by atoms with Gasteiger partial charge in [0.1, 0.15) is 12.1 Å². The highest BCUT2D eigenvalue weighted by Gasteiger charge is 2.51. The Morgan fingerprint density at radius 1 is 1.33 bits per heavy atom. The van der Waals surface area contributed by atoms with Gasteiger partial charge in [0.15, 0.2) is 0 Å². The molecule has 118 valence electrons. The van der Waals surface area contributed by atoms with Gasteiger partial charge in [-0.05, 0) is 46.2 Å².